The number of likely N-dealkylation sites (tertiary alicyclic amines) is 1. The third kappa shape index (κ3) is 6.32. The van der Waals surface area contributed by atoms with Crippen LogP contribution in [0.2, 0.25) is 0 Å². The lowest BCUT2D eigenvalue weighted by Crippen LogP contribution is -2.40. The van der Waals surface area contributed by atoms with E-state index < -0.39 is 18.1 Å². The number of carbonyl (C=O) groups is 1. The van der Waals surface area contributed by atoms with E-state index in [1.54, 1.807) is 6.07 Å². The summed E-state index contributed by atoms with van der Waals surface area (Å²) < 4.78 is 40.7. The SMILES string of the molecule is CC(C)(C)N1CCC(CNC(=O)Nc2ccc(OC(F)(F)F)c(C#N)c2)C1. The molecule has 1 unspecified atom stereocenters. The van der Waals surface area contributed by atoms with Gasteiger partial charge in [-0.1, -0.05) is 0 Å². The number of nitrogens with zero attached hydrogens (tertiary/aromatic N) is 2. The molecule has 1 fully saturated rings. The molecular formula is C18H23F3N4O2. The first-order chi connectivity index (χ1) is 12.5. The molecule has 27 heavy (non-hydrogen) atoms. The average molecular weight is 384 g/mol. The number of urea groups is 1. The Balaban J connectivity index is 1.88. The van der Waals surface area contributed by atoms with E-state index >= 15 is 0 Å². The highest BCUT2D eigenvalue weighted by molar-refractivity contribution is 5.89. The molecule has 0 bridgehead atoms. The summed E-state index contributed by atoms with van der Waals surface area (Å²) in [5, 5.41) is 14.3. The minimum absolute atomic E-state index is 0.0882. The minimum Gasteiger partial charge on any atom is -0.404 e. The zero-order valence-corrected chi connectivity index (χ0v) is 15.5. The summed E-state index contributed by atoms with van der Waals surface area (Å²) in [6, 6.07) is 4.54. The van der Waals surface area contributed by atoms with E-state index in [0.717, 1.165) is 31.6 Å². The van der Waals surface area contributed by atoms with E-state index in [0.29, 0.717) is 12.5 Å². The standard InChI is InChI=1S/C18H23F3N4O2/c1-17(2,3)25-7-6-12(11-25)10-23-16(26)24-14-4-5-15(13(8-14)9-22)27-18(19,20)21/h4-5,8,12H,6-7,10-11H2,1-3H3,(H2,23,24,26). The lowest BCUT2D eigenvalue weighted by Gasteiger charge is -2.31. The number of anilines is 1. The molecule has 1 aliphatic rings. The Morgan fingerprint density at radius 2 is 2.07 bits per heavy atom. The largest absolute Gasteiger partial charge is 0.573 e. The zero-order valence-electron chi connectivity index (χ0n) is 15.5. The molecule has 0 aliphatic carbocycles. The number of ether oxygens (including phenoxy) is 1. The van der Waals surface area contributed by atoms with Gasteiger partial charge in [-0.2, -0.15) is 5.26 Å². The normalized spacial score (nSPS) is 18.0. The maximum atomic E-state index is 12.3. The van der Waals surface area contributed by atoms with Gasteiger partial charge in [-0.25, -0.2) is 4.79 Å². The van der Waals surface area contributed by atoms with Crippen LogP contribution >= 0.6 is 0 Å². The number of alkyl halides is 3. The fraction of sp³-hybridized carbons (Fsp3) is 0.556. The first-order valence-corrected chi connectivity index (χ1v) is 8.58. The summed E-state index contributed by atoms with van der Waals surface area (Å²) in [5.41, 5.74) is -0.0201. The molecule has 2 N–H and O–H groups in total. The monoisotopic (exact) mass is 384 g/mol. The highest BCUT2D eigenvalue weighted by Crippen LogP contribution is 2.28. The summed E-state index contributed by atoms with van der Waals surface area (Å²) in [5.74, 6) is -0.267. The molecule has 0 radical (unpaired) electrons. The Morgan fingerprint density at radius 3 is 2.63 bits per heavy atom. The van der Waals surface area contributed by atoms with Crippen molar-refractivity contribution in [3.8, 4) is 11.8 Å². The van der Waals surface area contributed by atoms with E-state index in [1.165, 1.54) is 6.07 Å². The van der Waals surface area contributed by atoms with E-state index in [2.05, 4.69) is 41.0 Å². The molecule has 1 aromatic rings. The predicted molar refractivity (Wildman–Crippen MR) is 94.3 cm³/mol. The van der Waals surface area contributed by atoms with Gasteiger partial charge in [-0.3, -0.25) is 4.90 Å². The predicted octanol–water partition coefficient (Wildman–Crippen LogP) is 3.70. The van der Waals surface area contributed by atoms with Crippen molar-refractivity contribution >= 4 is 11.7 Å². The summed E-state index contributed by atoms with van der Waals surface area (Å²) >= 11 is 0. The van der Waals surface area contributed by atoms with Crippen LogP contribution in [-0.4, -0.2) is 42.5 Å². The van der Waals surface area contributed by atoms with Crippen LogP contribution in [0.25, 0.3) is 0 Å². The summed E-state index contributed by atoms with van der Waals surface area (Å²) in [4.78, 5) is 14.4. The number of hydrogen-bond donors (Lipinski definition) is 2. The molecule has 1 aromatic carbocycles. The van der Waals surface area contributed by atoms with Gasteiger partial charge in [0.15, 0.2) is 0 Å². The van der Waals surface area contributed by atoms with Gasteiger partial charge in [0.2, 0.25) is 0 Å². The van der Waals surface area contributed by atoms with Crippen molar-refractivity contribution in [1.29, 1.82) is 5.26 Å². The number of nitrogens with one attached hydrogen (secondary N) is 2. The lowest BCUT2D eigenvalue weighted by atomic mass is 10.1. The van der Waals surface area contributed by atoms with Gasteiger partial charge in [-0.05, 0) is 57.9 Å². The van der Waals surface area contributed by atoms with Crippen molar-refractivity contribution in [3.63, 3.8) is 0 Å². The zero-order chi connectivity index (χ0) is 20.2. The molecule has 148 valence electrons. The van der Waals surface area contributed by atoms with Crippen molar-refractivity contribution in [2.24, 2.45) is 5.92 Å². The molecule has 0 aromatic heterocycles. The third-order valence-electron chi connectivity index (χ3n) is 4.37. The Labute approximate surface area is 156 Å². The Hall–Kier alpha value is -2.47. The van der Waals surface area contributed by atoms with E-state index in [-0.39, 0.29) is 16.8 Å². The number of hydrogen-bond acceptors (Lipinski definition) is 4. The molecule has 1 atom stereocenters. The maximum Gasteiger partial charge on any atom is 0.573 e. The van der Waals surface area contributed by atoms with E-state index in [9.17, 15) is 18.0 Å². The van der Waals surface area contributed by atoms with Crippen LogP contribution in [0.3, 0.4) is 0 Å². The van der Waals surface area contributed by atoms with Crippen LogP contribution in [0, 0.1) is 17.2 Å². The van der Waals surface area contributed by atoms with Crippen LogP contribution < -0.4 is 15.4 Å². The Kier molecular flexibility index (Phi) is 6.21. The smallest absolute Gasteiger partial charge is 0.404 e. The third-order valence-corrected chi connectivity index (χ3v) is 4.37. The molecule has 9 heteroatoms. The van der Waals surface area contributed by atoms with Crippen molar-refractivity contribution < 1.29 is 22.7 Å². The second-order valence-electron chi connectivity index (χ2n) is 7.48. The number of carbonyl (C=O) groups excluding carboxylic acids is 1. The van der Waals surface area contributed by atoms with Crippen LogP contribution in [0.5, 0.6) is 5.75 Å². The van der Waals surface area contributed by atoms with Crippen LogP contribution in [0.1, 0.15) is 32.8 Å². The van der Waals surface area contributed by atoms with Crippen LogP contribution in [0.4, 0.5) is 23.7 Å². The van der Waals surface area contributed by atoms with Crippen molar-refractivity contribution in [2.75, 3.05) is 25.0 Å². The average Bonchev–Trinajstić information content (AvgIpc) is 3.02. The number of rotatable bonds is 4. The second kappa shape index (κ2) is 8.05. The number of benzene rings is 1. The molecule has 1 saturated heterocycles. The van der Waals surface area contributed by atoms with Gasteiger partial charge < -0.3 is 15.4 Å². The summed E-state index contributed by atoms with van der Waals surface area (Å²) in [7, 11) is 0. The summed E-state index contributed by atoms with van der Waals surface area (Å²) in [6.45, 7) is 8.81. The molecule has 1 heterocycles. The number of nitriles is 1. The molecule has 0 spiro atoms. The van der Waals surface area contributed by atoms with Crippen LogP contribution in [-0.2, 0) is 0 Å². The van der Waals surface area contributed by atoms with Crippen molar-refractivity contribution in [3.05, 3.63) is 23.8 Å². The van der Waals surface area contributed by atoms with Gasteiger partial charge in [0.05, 0.1) is 5.56 Å². The molecule has 0 saturated carbocycles. The fourth-order valence-corrected chi connectivity index (χ4v) is 2.93. The topological polar surface area (TPSA) is 77.4 Å². The van der Waals surface area contributed by atoms with E-state index in [4.69, 9.17) is 5.26 Å². The highest BCUT2D eigenvalue weighted by Gasteiger charge is 2.32. The van der Waals surface area contributed by atoms with Gasteiger partial charge in [0.1, 0.15) is 11.8 Å². The summed E-state index contributed by atoms with van der Waals surface area (Å²) in [6.07, 6.45) is -3.90. The Bertz CT molecular complexity index is 723. The quantitative estimate of drug-likeness (QED) is 0.830. The molecule has 6 nitrogen and oxygen atoms in total. The molecule has 2 rings (SSSR count). The van der Waals surface area contributed by atoms with Crippen LogP contribution in [0.15, 0.2) is 18.2 Å². The number of amides is 2. The maximum absolute atomic E-state index is 12.3. The molecule has 1 aliphatic heterocycles. The highest BCUT2D eigenvalue weighted by atomic mass is 19.4. The molecule has 2 amide bonds. The number of halogens is 3. The first kappa shape index (κ1) is 20.8. The van der Waals surface area contributed by atoms with Crippen molar-refractivity contribution in [1.82, 2.24) is 10.2 Å². The van der Waals surface area contributed by atoms with Crippen molar-refractivity contribution in [2.45, 2.75) is 39.1 Å². The van der Waals surface area contributed by atoms with Gasteiger partial charge in [0, 0.05) is 24.3 Å². The Morgan fingerprint density at radius 1 is 1.37 bits per heavy atom. The van der Waals surface area contributed by atoms with Gasteiger partial charge >= 0.3 is 12.4 Å². The second-order valence-corrected chi connectivity index (χ2v) is 7.48. The van der Waals surface area contributed by atoms with Gasteiger partial charge in [0.25, 0.3) is 0 Å². The fourth-order valence-electron chi connectivity index (χ4n) is 2.93. The minimum atomic E-state index is -4.89. The van der Waals surface area contributed by atoms with Gasteiger partial charge in [-0.15, -0.1) is 13.2 Å². The molecular weight excluding hydrogens is 361 g/mol. The first-order valence-electron chi connectivity index (χ1n) is 8.58. The van der Waals surface area contributed by atoms with E-state index in [1.807, 2.05) is 0 Å². The lowest BCUT2D eigenvalue weighted by molar-refractivity contribution is -0.274.